The van der Waals surface area contributed by atoms with Crippen molar-refractivity contribution in [2.75, 3.05) is 5.73 Å². The molecule has 0 amide bonds. The summed E-state index contributed by atoms with van der Waals surface area (Å²) in [6, 6.07) is 6.29. The Bertz CT molecular complexity index is 483. The number of fused-ring (bicyclic) bond motifs is 1. The molecule has 0 aliphatic carbocycles. The first-order valence-electron chi connectivity index (χ1n) is 5.28. The average Bonchev–Trinajstić information content (AvgIpc) is 2.56. The lowest BCUT2D eigenvalue weighted by Crippen LogP contribution is -2.15. The summed E-state index contributed by atoms with van der Waals surface area (Å²) in [5.74, 6) is 0.483. The lowest BCUT2D eigenvalue weighted by molar-refractivity contribution is 0.507. The van der Waals surface area contributed by atoms with Crippen LogP contribution in [0, 0.1) is 0 Å². The molecule has 80 valence electrons. The van der Waals surface area contributed by atoms with E-state index in [9.17, 15) is 0 Å². The summed E-state index contributed by atoms with van der Waals surface area (Å²) >= 11 is 0. The van der Waals surface area contributed by atoms with E-state index in [0.717, 1.165) is 17.5 Å². The van der Waals surface area contributed by atoms with Crippen LogP contribution < -0.4 is 5.73 Å². The van der Waals surface area contributed by atoms with Crippen molar-refractivity contribution in [1.29, 1.82) is 0 Å². The number of rotatable bonds is 2. The number of benzene rings is 1. The van der Waals surface area contributed by atoms with Crippen molar-refractivity contribution in [1.82, 2.24) is 9.97 Å². The molecule has 3 nitrogen and oxygen atoms in total. The zero-order valence-electron chi connectivity index (χ0n) is 9.46. The van der Waals surface area contributed by atoms with Crippen LogP contribution in [-0.2, 0) is 5.41 Å². The highest BCUT2D eigenvalue weighted by molar-refractivity contribution is 5.78. The first-order valence-corrected chi connectivity index (χ1v) is 5.28. The summed E-state index contributed by atoms with van der Waals surface area (Å²) in [5, 5.41) is 0. The Morgan fingerprint density at radius 1 is 1.40 bits per heavy atom. The number of imidazole rings is 1. The number of aromatic nitrogens is 2. The molecule has 0 unspecified atom stereocenters. The molecule has 0 fully saturated rings. The van der Waals surface area contributed by atoms with E-state index in [0.29, 0.717) is 5.95 Å². The topological polar surface area (TPSA) is 54.7 Å². The standard InChI is InChI=1S/C12H17N3/c1-4-12(2,3)8-5-6-9-10(7-8)15-11(13)14-9/h5-7H,4H2,1-3H3,(H3,13,14,15). The van der Waals surface area contributed by atoms with E-state index >= 15 is 0 Å². The summed E-state index contributed by atoms with van der Waals surface area (Å²) in [5.41, 5.74) is 9.09. The first kappa shape index (κ1) is 10.0. The molecular formula is C12H17N3. The highest BCUT2D eigenvalue weighted by Crippen LogP contribution is 2.28. The van der Waals surface area contributed by atoms with Gasteiger partial charge in [0.2, 0.25) is 0 Å². The third-order valence-electron chi connectivity index (χ3n) is 3.17. The normalized spacial score (nSPS) is 12.2. The molecule has 0 saturated heterocycles. The van der Waals surface area contributed by atoms with Gasteiger partial charge in [0.15, 0.2) is 5.95 Å². The van der Waals surface area contributed by atoms with Gasteiger partial charge in [0, 0.05) is 0 Å². The maximum atomic E-state index is 5.62. The lowest BCUT2D eigenvalue weighted by Gasteiger charge is -2.23. The van der Waals surface area contributed by atoms with Gasteiger partial charge in [0.25, 0.3) is 0 Å². The summed E-state index contributed by atoms with van der Waals surface area (Å²) in [7, 11) is 0. The van der Waals surface area contributed by atoms with E-state index in [1.54, 1.807) is 0 Å². The third kappa shape index (κ3) is 1.69. The van der Waals surface area contributed by atoms with Crippen molar-refractivity contribution in [3.8, 4) is 0 Å². The van der Waals surface area contributed by atoms with Crippen molar-refractivity contribution < 1.29 is 0 Å². The van der Waals surface area contributed by atoms with E-state index < -0.39 is 0 Å². The molecule has 0 aliphatic rings. The number of nitrogens with one attached hydrogen (secondary N) is 1. The molecule has 0 bridgehead atoms. The summed E-state index contributed by atoms with van der Waals surface area (Å²) in [4.78, 5) is 7.25. The zero-order chi connectivity index (χ0) is 11.1. The molecule has 1 aromatic heterocycles. The number of aromatic amines is 1. The minimum atomic E-state index is 0.202. The summed E-state index contributed by atoms with van der Waals surface area (Å²) in [6.45, 7) is 6.69. The van der Waals surface area contributed by atoms with Crippen LogP contribution in [0.2, 0.25) is 0 Å². The summed E-state index contributed by atoms with van der Waals surface area (Å²) < 4.78 is 0. The van der Waals surface area contributed by atoms with Crippen molar-refractivity contribution in [3.05, 3.63) is 23.8 Å². The Morgan fingerprint density at radius 2 is 2.13 bits per heavy atom. The second-order valence-electron chi connectivity index (χ2n) is 4.59. The van der Waals surface area contributed by atoms with E-state index in [2.05, 4.69) is 42.9 Å². The Morgan fingerprint density at radius 3 is 2.80 bits per heavy atom. The van der Waals surface area contributed by atoms with Crippen LogP contribution in [0.5, 0.6) is 0 Å². The van der Waals surface area contributed by atoms with Crippen LogP contribution in [0.1, 0.15) is 32.8 Å². The number of hydrogen-bond acceptors (Lipinski definition) is 2. The highest BCUT2D eigenvalue weighted by Gasteiger charge is 2.18. The molecule has 3 heteroatoms. The maximum absolute atomic E-state index is 5.62. The Hall–Kier alpha value is -1.51. The van der Waals surface area contributed by atoms with E-state index in [4.69, 9.17) is 5.73 Å². The number of nitrogens with zero attached hydrogens (tertiary/aromatic N) is 1. The molecule has 0 atom stereocenters. The first-order chi connectivity index (χ1) is 7.03. The molecule has 2 aromatic rings. The molecule has 3 N–H and O–H groups in total. The fourth-order valence-electron chi connectivity index (χ4n) is 1.65. The highest BCUT2D eigenvalue weighted by atomic mass is 15.0. The largest absolute Gasteiger partial charge is 0.369 e. The van der Waals surface area contributed by atoms with Gasteiger partial charge in [-0.25, -0.2) is 4.98 Å². The molecule has 15 heavy (non-hydrogen) atoms. The Labute approximate surface area is 89.7 Å². The molecule has 1 heterocycles. The second-order valence-corrected chi connectivity index (χ2v) is 4.59. The van der Waals surface area contributed by atoms with Gasteiger partial charge in [0.05, 0.1) is 11.0 Å². The maximum Gasteiger partial charge on any atom is 0.198 e. The molecular weight excluding hydrogens is 186 g/mol. The zero-order valence-corrected chi connectivity index (χ0v) is 9.46. The second kappa shape index (κ2) is 3.26. The Kier molecular flexibility index (Phi) is 2.18. The SMILES string of the molecule is CCC(C)(C)c1ccc2nc(N)[nH]c2c1. The van der Waals surface area contributed by atoms with Gasteiger partial charge >= 0.3 is 0 Å². The fraction of sp³-hybridized carbons (Fsp3) is 0.417. The van der Waals surface area contributed by atoms with Gasteiger partial charge in [-0.2, -0.15) is 0 Å². The summed E-state index contributed by atoms with van der Waals surface area (Å²) in [6.07, 6.45) is 1.11. The van der Waals surface area contributed by atoms with Gasteiger partial charge in [-0.3, -0.25) is 0 Å². The van der Waals surface area contributed by atoms with Crippen molar-refractivity contribution in [2.24, 2.45) is 0 Å². The van der Waals surface area contributed by atoms with Crippen molar-refractivity contribution >= 4 is 17.0 Å². The monoisotopic (exact) mass is 203 g/mol. The van der Waals surface area contributed by atoms with Crippen molar-refractivity contribution in [3.63, 3.8) is 0 Å². The third-order valence-corrected chi connectivity index (χ3v) is 3.17. The number of anilines is 1. The van der Waals surface area contributed by atoms with Crippen LogP contribution in [0.15, 0.2) is 18.2 Å². The minimum absolute atomic E-state index is 0.202. The molecule has 0 saturated carbocycles. The van der Waals surface area contributed by atoms with Gasteiger partial charge < -0.3 is 10.7 Å². The van der Waals surface area contributed by atoms with E-state index in [1.807, 2.05) is 6.07 Å². The lowest BCUT2D eigenvalue weighted by atomic mass is 9.82. The van der Waals surface area contributed by atoms with Gasteiger partial charge in [-0.15, -0.1) is 0 Å². The average molecular weight is 203 g/mol. The van der Waals surface area contributed by atoms with E-state index in [1.165, 1.54) is 5.56 Å². The van der Waals surface area contributed by atoms with Crippen LogP contribution in [0.25, 0.3) is 11.0 Å². The fourth-order valence-corrected chi connectivity index (χ4v) is 1.65. The number of H-pyrrole nitrogens is 1. The molecule has 0 aliphatic heterocycles. The predicted molar refractivity (Wildman–Crippen MR) is 63.8 cm³/mol. The van der Waals surface area contributed by atoms with Crippen LogP contribution in [0.4, 0.5) is 5.95 Å². The van der Waals surface area contributed by atoms with Gasteiger partial charge in [0.1, 0.15) is 0 Å². The molecule has 0 radical (unpaired) electrons. The van der Waals surface area contributed by atoms with Crippen LogP contribution in [0.3, 0.4) is 0 Å². The van der Waals surface area contributed by atoms with E-state index in [-0.39, 0.29) is 5.41 Å². The van der Waals surface area contributed by atoms with Crippen molar-refractivity contribution in [2.45, 2.75) is 32.6 Å². The number of hydrogen-bond donors (Lipinski definition) is 2. The minimum Gasteiger partial charge on any atom is -0.369 e. The predicted octanol–water partition coefficient (Wildman–Crippen LogP) is 2.83. The quantitative estimate of drug-likeness (QED) is 0.788. The molecule has 1 aromatic carbocycles. The molecule has 2 rings (SSSR count). The number of nitrogen functional groups attached to an aromatic ring is 1. The van der Waals surface area contributed by atoms with Gasteiger partial charge in [-0.1, -0.05) is 26.8 Å². The van der Waals surface area contributed by atoms with Gasteiger partial charge in [-0.05, 0) is 29.5 Å². The molecule has 0 spiro atoms. The number of nitrogens with two attached hydrogens (primary N) is 1. The smallest absolute Gasteiger partial charge is 0.198 e. The van der Waals surface area contributed by atoms with Crippen LogP contribution >= 0.6 is 0 Å². The Balaban J connectivity index is 2.55. The van der Waals surface area contributed by atoms with Crippen LogP contribution in [-0.4, -0.2) is 9.97 Å².